The van der Waals surface area contributed by atoms with Crippen LogP contribution in [0.2, 0.25) is 0 Å². The van der Waals surface area contributed by atoms with Crippen molar-refractivity contribution in [1.82, 2.24) is 9.55 Å². The summed E-state index contributed by atoms with van der Waals surface area (Å²) in [6, 6.07) is 4.72. The molecule has 1 aromatic carbocycles. The molecule has 0 saturated carbocycles. The van der Waals surface area contributed by atoms with E-state index in [9.17, 15) is 12.8 Å². The molecule has 0 fully saturated rings. The van der Waals surface area contributed by atoms with E-state index in [2.05, 4.69) is 20.9 Å². The highest BCUT2D eigenvalue weighted by molar-refractivity contribution is 9.10. The van der Waals surface area contributed by atoms with Crippen LogP contribution >= 0.6 is 15.9 Å². The molecule has 0 spiro atoms. The molecule has 0 amide bonds. The van der Waals surface area contributed by atoms with Gasteiger partial charge in [0.25, 0.3) is 10.0 Å². The lowest BCUT2D eigenvalue weighted by Gasteiger charge is -2.07. The van der Waals surface area contributed by atoms with Crippen molar-refractivity contribution in [3.8, 4) is 0 Å². The number of nitrogens with two attached hydrogens (primary N) is 1. The minimum absolute atomic E-state index is 0.199. The van der Waals surface area contributed by atoms with Crippen LogP contribution in [0.1, 0.15) is 18.3 Å². The van der Waals surface area contributed by atoms with Gasteiger partial charge in [-0.1, -0.05) is 28.9 Å². The number of hydrogen-bond acceptors (Lipinski definition) is 3. The molecule has 0 bridgehead atoms. The maximum Gasteiger partial charge on any atom is 0.257 e. The van der Waals surface area contributed by atoms with Crippen LogP contribution < -0.4 is 5.14 Å². The van der Waals surface area contributed by atoms with Gasteiger partial charge in [0.05, 0.1) is 6.54 Å². The third kappa shape index (κ3) is 3.25. The Kier molecular flexibility index (Phi) is 4.26. The van der Waals surface area contributed by atoms with Crippen LogP contribution in [0, 0.1) is 5.82 Å². The second-order valence-corrected chi connectivity index (χ2v) is 6.68. The quantitative estimate of drug-likeness (QED) is 0.904. The normalized spacial score (nSPS) is 11.8. The summed E-state index contributed by atoms with van der Waals surface area (Å²) in [5.74, 6) is 0.170. The zero-order chi connectivity index (χ0) is 14.9. The topological polar surface area (TPSA) is 78.0 Å². The summed E-state index contributed by atoms with van der Waals surface area (Å²) in [4.78, 5) is 3.96. The summed E-state index contributed by atoms with van der Waals surface area (Å²) in [6.07, 6.45) is 1.85. The Bertz CT molecular complexity index is 743. The number of nitrogens with zero attached hydrogens (tertiary/aromatic N) is 2. The number of aromatic nitrogens is 2. The summed E-state index contributed by atoms with van der Waals surface area (Å²) in [5, 5.41) is 4.85. The van der Waals surface area contributed by atoms with Crippen molar-refractivity contribution in [3.05, 3.63) is 46.1 Å². The van der Waals surface area contributed by atoms with Crippen molar-refractivity contribution >= 4 is 26.0 Å². The molecule has 0 radical (unpaired) electrons. The lowest BCUT2D eigenvalue weighted by Crippen LogP contribution is -2.12. The fourth-order valence-corrected chi connectivity index (χ4v) is 2.66. The number of halogens is 2. The zero-order valence-electron chi connectivity index (χ0n) is 10.7. The first-order valence-electron chi connectivity index (χ1n) is 5.84. The predicted octanol–water partition coefficient (Wildman–Crippen LogP) is 2.04. The highest BCUT2D eigenvalue weighted by atomic mass is 79.9. The molecule has 0 atom stereocenters. The average Bonchev–Trinajstić information content (AvgIpc) is 2.75. The minimum atomic E-state index is -3.86. The summed E-state index contributed by atoms with van der Waals surface area (Å²) >= 11 is 3.19. The molecule has 2 aromatic rings. The highest BCUT2D eigenvalue weighted by Crippen LogP contribution is 2.18. The van der Waals surface area contributed by atoms with Gasteiger partial charge in [-0.15, -0.1) is 0 Å². The minimum Gasteiger partial charge on any atom is -0.329 e. The maximum absolute atomic E-state index is 13.8. The standard InChI is InChI=1S/C12H13BrFN3O2S/c1-2-11-16-12(20(15,18)19)7-17(11)6-8-3-4-9(13)5-10(8)14/h3-5,7H,2,6H2,1H3,(H2,15,18,19). The van der Waals surface area contributed by atoms with E-state index in [0.717, 1.165) is 0 Å². The molecule has 0 saturated heterocycles. The van der Waals surface area contributed by atoms with Crippen molar-refractivity contribution in [2.75, 3.05) is 0 Å². The van der Waals surface area contributed by atoms with E-state index in [1.54, 1.807) is 16.7 Å². The first-order chi connectivity index (χ1) is 9.31. The molecule has 0 unspecified atom stereocenters. The Balaban J connectivity index is 2.40. The number of hydrogen-bond donors (Lipinski definition) is 1. The van der Waals surface area contributed by atoms with Crippen LogP contribution in [0.25, 0.3) is 0 Å². The fourth-order valence-electron chi connectivity index (χ4n) is 1.82. The zero-order valence-corrected chi connectivity index (χ0v) is 13.1. The largest absolute Gasteiger partial charge is 0.329 e. The molecular formula is C12H13BrFN3O2S. The summed E-state index contributed by atoms with van der Waals surface area (Å²) in [5.41, 5.74) is 0.446. The predicted molar refractivity (Wildman–Crippen MR) is 76.2 cm³/mol. The fraction of sp³-hybridized carbons (Fsp3) is 0.250. The molecular weight excluding hydrogens is 349 g/mol. The molecule has 8 heteroatoms. The molecule has 5 nitrogen and oxygen atoms in total. The van der Waals surface area contributed by atoms with Gasteiger partial charge in [-0.3, -0.25) is 0 Å². The first-order valence-corrected chi connectivity index (χ1v) is 8.18. The first kappa shape index (κ1) is 15.1. The third-order valence-electron chi connectivity index (χ3n) is 2.80. The highest BCUT2D eigenvalue weighted by Gasteiger charge is 2.16. The van der Waals surface area contributed by atoms with Gasteiger partial charge in [0.1, 0.15) is 11.6 Å². The van der Waals surface area contributed by atoms with Gasteiger partial charge in [-0.2, -0.15) is 0 Å². The Hall–Kier alpha value is -1.25. The van der Waals surface area contributed by atoms with Crippen molar-refractivity contribution < 1.29 is 12.8 Å². The van der Waals surface area contributed by atoms with Crippen LogP contribution in [-0.2, 0) is 23.0 Å². The van der Waals surface area contributed by atoms with E-state index < -0.39 is 10.0 Å². The van der Waals surface area contributed by atoms with Crippen molar-refractivity contribution in [3.63, 3.8) is 0 Å². The van der Waals surface area contributed by atoms with Gasteiger partial charge in [-0.25, -0.2) is 22.9 Å². The Labute approximate surface area is 124 Å². The van der Waals surface area contributed by atoms with Crippen LogP contribution in [0.5, 0.6) is 0 Å². The summed E-state index contributed by atoms with van der Waals surface area (Å²) < 4.78 is 38.6. The van der Waals surface area contributed by atoms with Crippen LogP contribution in [0.3, 0.4) is 0 Å². The van der Waals surface area contributed by atoms with E-state index in [1.807, 2.05) is 6.92 Å². The van der Waals surface area contributed by atoms with Crippen molar-refractivity contribution in [1.29, 1.82) is 0 Å². The number of primary sulfonamides is 1. The van der Waals surface area contributed by atoms with Gasteiger partial charge in [0.15, 0.2) is 5.03 Å². The molecule has 20 heavy (non-hydrogen) atoms. The molecule has 0 aliphatic heterocycles. The third-order valence-corrected chi connectivity index (χ3v) is 4.07. The number of rotatable bonds is 4. The summed E-state index contributed by atoms with van der Waals surface area (Å²) in [6.45, 7) is 2.04. The Morgan fingerprint density at radius 3 is 2.70 bits per heavy atom. The van der Waals surface area contributed by atoms with E-state index >= 15 is 0 Å². The molecule has 0 aliphatic carbocycles. The van der Waals surface area contributed by atoms with E-state index in [0.29, 0.717) is 22.3 Å². The van der Waals surface area contributed by atoms with Crippen molar-refractivity contribution in [2.45, 2.75) is 24.9 Å². The number of sulfonamides is 1. The summed E-state index contributed by atoms with van der Waals surface area (Å²) in [7, 11) is -3.86. The molecule has 2 N–H and O–H groups in total. The van der Waals surface area contributed by atoms with Gasteiger partial charge in [0.2, 0.25) is 0 Å². The lowest BCUT2D eigenvalue weighted by molar-refractivity contribution is 0.593. The number of imidazole rings is 1. The Morgan fingerprint density at radius 1 is 1.45 bits per heavy atom. The molecule has 1 aromatic heterocycles. The monoisotopic (exact) mass is 361 g/mol. The van der Waals surface area contributed by atoms with Crippen LogP contribution in [0.4, 0.5) is 4.39 Å². The van der Waals surface area contributed by atoms with Crippen LogP contribution in [-0.4, -0.2) is 18.0 Å². The van der Waals surface area contributed by atoms with E-state index in [1.165, 1.54) is 12.3 Å². The van der Waals surface area contributed by atoms with Gasteiger partial charge < -0.3 is 4.57 Å². The smallest absolute Gasteiger partial charge is 0.257 e. The van der Waals surface area contributed by atoms with E-state index in [-0.39, 0.29) is 17.4 Å². The van der Waals surface area contributed by atoms with E-state index in [4.69, 9.17) is 5.14 Å². The lowest BCUT2D eigenvalue weighted by atomic mass is 10.2. The SMILES string of the molecule is CCc1nc(S(N)(=O)=O)cn1Cc1ccc(Br)cc1F. The van der Waals surface area contributed by atoms with Gasteiger partial charge in [-0.05, 0) is 12.1 Å². The Morgan fingerprint density at radius 2 is 2.15 bits per heavy atom. The number of benzene rings is 1. The second-order valence-electron chi connectivity index (χ2n) is 4.26. The number of aryl methyl sites for hydroxylation is 1. The van der Waals surface area contributed by atoms with Gasteiger partial charge >= 0.3 is 0 Å². The molecule has 108 valence electrons. The van der Waals surface area contributed by atoms with Gasteiger partial charge in [0, 0.05) is 22.7 Å². The van der Waals surface area contributed by atoms with Crippen molar-refractivity contribution in [2.24, 2.45) is 5.14 Å². The molecule has 0 aliphatic rings. The molecule has 2 rings (SSSR count). The average molecular weight is 362 g/mol. The molecule has 1 heterocycles. The maximum atomic E-state index is 13.8. The van der Waals surface area contributed by atoms with Crippen LogP contribution in [0.15, 0.2) is 33.9 Å². The second kappa shape index (κ2) is 5.63.